The van der Waals surface area contributed by atoms with Gasteiger partial charge in [0.15, 0.2) is 0 Å². The molecule has 1 atom stereocenters. The Hall–Kier alpha value is -1.08. The van der Waals surface area contributed by atoms with Crippen molar-refractivity contribution in [2.24, 2.45) is 0 Å². The third-order valence-corrected chi connectivity index (χ3v) is 3.28. The van der Waals surface area contributed by atoms with Gasteiger partial charge in [-0.25, -0.2) is 0 Å². The predicted octanol–water partition coefficient (Wildman–Crippen LogP) is 4.79. The van der Waals surface area contributed by atoms with Gasteiger partial charge in [0.1, 0.15) is 0 Å². The van der Waals surface area contributed by atoms with E-state index in [4.69, 9.17) is 0 Å². The molecule has 0 radical (unpaired) electrons. The molecule has 102 valence electrons. The van der Waals surface area contributed by atoms with Crippen LogP contribution < -0.4 is 5.32 Å². The molecule has 0 saturated carbocycles. The van der Waals surface area contributed by atoms with Gasteiger partial charge in [0, 0.05) is 6.04 Å². The van der Waals surface area contributed by atoms with Crippen molar-refractivity contribution < 1.29 is 0 Å². The molecule has 18 heavy (non-hydrogen) atoms. The van der Waals surface area contributed by atoms with Crippen molar-refractivity contribution in [2.75, 3.05) is 6.54 Å². The van der Waals surface area contributed by atoms with Crippen LogP contribution in [0.25, 0.3) is 0 Å². The summed E-state index contributed by atoms with van der Waals surface area (Å²) in [5.74, 6) is 0. The molecule has 1 aliphatic carbocycles. The van der Waals surface area contributed by atoms with Crippen molar-refractivity contribution >= 4 is 0 Å². The van der Waals surface area contributed by atoms with E-state index in [1.807, 2.05) is 27.7 Å². The third kappa shape index (κ3) is 3.46. The predicted molar refractivity (Wildman–Crippen MR) is 83.8 cm³/mol. The van der Waals surface area contributed by atoms with E-state index in [9.17, 15) is 0 Å². The summed E-state index contributed by atoms with van der Waals surface area (Å²) in [6.45, 7) is 23.4. The molecule has 1 fully saturated rings. The lowest BCUT2D eigenvalue weighted by molar-refractivity contribution is 0.525. The highest BCUT2D eigenvalue weighted by atomic mass is 14.9. The number of nitrogens with one attached hydrogen (secondary N) is 1. The molecule has 0 aromatic rings. The van der Waals surface area contributed by atoms with Gasteiger partial charge in [0.25, 0.3) is 0 Å². The van der Waals surface area contributed by atoms with Gasteiger partial charge in [-0.05, 0) is 54.2 Å². The lowest BCUT2D eigenvalue weighted by atomic mass is 9.77. The summed E-state index contributed by atoms with van der Waals surface area (Å²) in [4.78, 5) is 0. The van der Waals surface area contributed by atoms with E-state index < -0.39 is 0 Å². The molecule has 2 rings (SSSR count). The average molecular weight is 247 g/mol. The van der Waals surface area contributed by atoms with E-state index in [0.29, 0.717) is 6.04 Å². The molecule has 1 heteroatoms. The van der Waals surface area contributed by atoms with Crippen LogP contribution in [-0.4, -0.2) is 12.6 Å². The molecule has 0 aromatic heterocycles. The maximum absolute atomic E-state index is 4.14. The molecular weight excluding hydrogens is 218 g/mol. The van der Waals surface area contributed by atoms with Crippen molar-refractivity contribution in [1.82, 2.24) is 5.32 Å². The zero-order valence-corrected chi connectivity index (χ0v) is 12.8. The summed E-state index contributed by atoms with van der Waals surface area (Å²) < 4.78 is 0. The van der Waals surface area contributed by atoms with Crippen molar-refractivity contribution in [3.8, 4) is 0 Å². The lowest BCUT2D eigenvalue weighted by Gasteiger charge is -2.35. The van der Waals surface area contributed by atoms with Crippen LogP contribution in [0.5, 0.6) is 0 Å². The highest BCUT2D eigenvalue weighted by molar-refractivity contribution is 5.56. The van der Waals surface area contributed by atoms with Crippen LogP contribution in [0.2, 0.25) is 0 Å². The highest BCUT2D eigenvalue weighted by Gasteiger charge is 2.28. The minimum Gasteiger partial charge on any atom is -0.309 e. The zero-order chi connectivity index (χ0) is 14.3. The minimum absolute atomic E-state index is 0.439. The van der Waals surface area contributed by atoms with Crippen LogP contribution in [0.1, 0.15) is 47.5 Å². The largest absolute Gasteiger partial charge is 0.309 e. The van der Waals surface area contributed by atoms with Crippen LogP contribution >= 0.6 is 0 Å². The molecule has 0 bridgehead atoms. The number of allylic oxidation sites excluding steroid dienone is 2. The molecule has 1 unspecified atom stereocenters. The van der Waals surface area contributed by atoms with Crippen LogP contribution in [0, 0.1) is 0 Å². The standard InChI is InChI=1S/C13H17N.2C2H6/c1-8-5-6-14-12-7-9(2)10(3)11(4)13(8)12;2*1-2/h12,14H,1-3,5-7H2,4H3;2*1-2H3. The molecule has 1 N–H and O–H groups in total. The SMILES string of the molecule is C=C1CC2NCCC(=C)C2=C(C)C1=C.CC.CC. The normalized spacial score (nSPS) is 22.5. The fraction of sp³-hybridized carbons (Fsp3) is 0.529. The van der Waals surface area contributed by atoms with Crippen molar-refractivity contribution in [1.29, 1.82) is 0 Å². The van der Waals surface area contributed by atoms with Gasteiger partial charge in [0.2, 0.25) is 0 Å². The van der Waals surface area contributed by atoms with Crippen LogP contribution in [0.15, 0.2) is 47.6 Å². The Bertz CT molecular complexity index is 358. The van der Waals surface area contributed by atoms with Crippen molar-refractivity contribution in [3.05, 3.63) is 47.6 Å². The van der Waals surface area contributed by atoms with E-state index in [1.54, 1.807) is 0 Å². The number of hydrogen-bond donors (Lipinski definition) is 1. The Morgan fingerprint density at radius 1 is 1.00 bits per heavy atom. The van der Waals surface area contributed by atoms with E-state index in [2.05, 4.69) is 32.0 Å². The molecule has 1 nitrogen and oxygen atoms in total. The van der Waals surface area contributed by atoms with Gasteiger partial charge in [-0.1, -0.05) is 47.4 Å². The van der Waals surface area contributed by atoms with E-state index in [1.165, 1.54) is 22.3 Å². The first-order valence-electron chi connectivity index (χ1n) is 7.11. The van der Waals surface area contributed by atoms with Crippen molar-refractivity contribution in [2.45, 2.75) is 53.5 Å². The lowest BCUT2D eigenvalue weighted by Crippen LogP contribution is -2.39. The number of piperidine rings is 1. The Kier molecular flexibility index (Phi) is 7.61. The maximum Gasteiger partial charge on any atom is 0.0366 e. The van der Waals surface area contributed by atoms with Gasteiger partial charge in [0.05, 0.1) is 0 Å². The Morgan fingerprint density at radius 2 is 1.56 bits per heavy atom. The fourth-order valence-electron chi connectivity index (χ4n) is 2.38. The summed E-state index contributed by atoms with van der Waals surface area (Å²) in [6.07, 6.45) is 2.05. The third-order valence-electron chi connectivity index (χ3n) is 3.28. The Balaban J connectivity index is 0.000000659. The quantitative estimate of drug-likeness (QED) is 0.649. The fourth-order valence-corrected chi connectivity index (χ4v) is 2.38. The van der Waals surface area contributed by atoms with Crippen LogP contribution in [-0.2, 0) is 0 Å². The smallest absolute Gasteiger partial charge is 0.0366 e. The highest BCUT2D eigenvalue weighted by Crippen LogP contribution is 2.37. The van der Waals surface area contributed by atoms with Gasteiger partial charge >= 0.3 is 0 Å². The average Bonchev–Trinajstić information content (AvgIpc) is 2.41. The zero-order valence-electron chi connectivity index (χ0n) is 12.8. The number of rotatable bonds is 0. The maximum atomic E-state index is 4.14. The topological polar surface area (TPSA) is 12.0 Å². The Labute approximate surface area is 113 Å². The molecule has 0 aromatic carbocycles. The van der Waals surface area contributed by atoms with Crippen LogP contribution in [0.3, 0.4) is 0 Å². The first-order chi connectivity index (χ1) is 8.61. The minimum atomic E-state index is 0.439. The van der Waals surface area contributed by atoms with E-state index >= 15 is 0 Å². The summed E-state index contributed by atoms with van der Waals surface area (Å²) in [6, 6.07) is 0.439. The molecule has 0 spiro atoms. The number of fused-ring (bicyclic) bond motifs is 1. The van der Waals surface area contributed by atoms with Gasteiger partial charge in [-0.2, -0.15) is 0 Å². The van der Waals surface area contributed by atoms with Crippen LogP contribution in [0.4, 0.5) is 0 Å². The van der Waals surface area contributed by atoms with Gasteiger partial charge in [-0.3, -0.25) is 0 Å². The molecule has 0 amide bonds. The second kappa shape index (κ2) is 8.10. The second-order valence-corrected chi connectivity index (χ2v) is 4.19. The molecule has 1 aliphatic heterocycles. The molecule has 1 saturated heterocycles. The molecule has 2 aliphatic rings. The first kappa shape index (κ1) is 16.9. The molecule has 1 heterocycles. The Morgan fingerprint density at radius 3 is 2.11 bits per heavy atom. The monoisotopic (exact) mass is 247 g/mol. The molecular formula is C17H29N. The summed E-state index contributed by atoms with van der Waals surface area (Å²) >= 11 is 0. The summed E-state index contributed by atoms with van der Waals surface area (Å²) in [7, 11) is 0. The van der Waals surface area contributed by atoms with E-state index in [-0.39, 0.29) is 0 Å². The first-order valence-corrected chi connectivity index (χ1v) is 7.11. The number of hydrogen-bond acceptors (Lipinski definition) is 1. The summed E-state index contributed by atoms with van der Waals surface area (Å²) in [5.41, 5.74) is 6.22. The second-order valence-electron chi connectivity index (χ2n) is 4.19. The van der Waals surface area contributed by atoms with Gasteiger partial charge in [-0.15, -0.1) is 0 Å². The van der Waals surface area contributed by atoms with E-state index in [0.717, 1.165) is 25.0 Å². The van der Waals surface area contributed by atoms with Crippen molar-refractivity contribution in [3.63, 3.8) is 0 Å². The van der Waals surface area contributed by atoms with Gasteiger partial charge < -0.3 is 5.32 Å². The summed E-state index contributed by atoms with van der Waals surface area (Å²) in [5, 5.41) is 3.51.